The van der Waals surface area contributed by atoms with E-state index in [2.05, 4.69) is 10.1 Å². The van der Waals surface area contributed by atoms with Gasteiger partial charge in [0.05, 0.1) is 12.8 Å². The summed E-state index contributed by atoms with van der Waals surface area (Å²) in [7, 11) is 1.29. The van der Waals surface area contributed by atoms with Crippen LogP contribution in [0.1, 0.15) is 21.8 Å². The Hall–Kier alpha value is -1.93. The number of hydrogen-bond acceptors (Lipinski definition) is 6. The lowest BCUT2D eigenvalue weighted by Crippen LogP contribution is -2.20. The van der Waals surface area contributed by atoms with E-state index < -0.39 is 5.97 Å². The van der Waals surface area contributed by atoms with Crippen LogP contribution in [0.15, 0.2) is 21.6 Å². The molecule has 1 amide bonds. The van der Waals surface area contributed by atoms with E-state index in [-0.39, 0.29) is 17.2 Å². The fourth-order valence-corrected chi connectivity index (χ4v) is 3.29. The normalized spacial score (nSPS) is 10.4. The highest BCUT2D eigenvalue weighted by Gasteiger charge is 2.15. The van der Waals surface area contributed by atoms with E-state index in [1.54, 1.807) is 21.4 Å². The summed E-state index contributed by atoms with van der Waals surface area (Å²) in [6.07, 6.45) is 0.161. The number of carbonyl (C=O) groups is 2. The Balaban J connectivity index is 1.98. The van der Waals surface area contributed by atoms with Crippen molar-refractivity contribution in [1.29, 1.82) is 0 Å². The molecule has 0 saturated heterocycles. The van der Waals surface area contributed by atoms with Crippen LogP contribution in [0.4, 0.5) is 5.69 Å². The summed E-state index contributed by atoms with van der Waals surface area (Å²) in [6, 6.07) is 1.65. The molecule has 21 heavy (non-hydrogen) atoms. The summed E-state index contributed by atoms with van der Waals surface area (Å²) in [5, 5.41) is 6.13. The zero-order valence-electron chi connectivity index (χ0n) is 11.5. The van der Waals surface area contributed by atoms with E-state index in [0.717, 1.165) is 17.0 Å². The second-order valence-electron chi connectivity index (χ2n) is 4.25. The SMILES string of the molecule is COC(=O)c1sccc1NC(=O)CCn1c(C)csc1=O. The fourth-order valence-electron chi connectivity index (χ4n) is 1.76. The van der Waals surface area contributed by atoms with Crippen LogP contribution in [0.3, 0.4) is 0 Å². The van der Waals surface area contributed by atoms with E-state index in [4.69, 9.17) is 0 Å². The number of carbonyl (C=O) groups excluding carboxylic acids is 2. The standard InChI is InChI=1S/C13H14N2O4S2/c1-8-7-21-13(18)15(8)5-3-10(16)14-9-4-6-20-11(9)12(17)19-2/h4,6-7H,3,5H2,1-2H3,(H,14,16). The Morgan fingerprint density at radius 3 is 2.76 bits per heavy atom. The smallest absolute Gasteiger partial charge is 0.350 e. The lowest BCUT2D eigenvalue weighted by atomic mass is 10.3. The predicted octanol–water partition coefficient (Wildman–Crippen LogP) is 2.10. The van der Waals surface area contributed by atoms with Crippen LogP contribution in [0.25, 0.3) is 0 Å². The summed E-state index contributed by atoms with van der Waals surface area (Å²) in [6.45, 7) is 2.14. The van der Waals surface area contributed by atoms with E-state index in [9.17, 15) is 14.4 Å². The first kappa shape index (κ1) is 15.5. The van der Waals surface area contributed by atoms with Gasteiger partial charge >= 0.3 is 10.8 Å². The molecule has 112 valence electrons. The van der Waals surface area contributed by atoms with Gasteiger partial charge in [0.15, 0.2) is 0 Å². The van der Waals surface area contributed by atoms with Gasteiger partial charge in [0, 0.05) is 24.0 Å². The molecule has 6 nitrogen and oxygen atoms in total. The monoisotopic (exact) mass is 326 g/mol. The maximum Gasteiger partial charge on any atom is 0.350 e. The highest BCUT2D eigenvalue weighted by atomic mass is 32.1. The van der Waals surface area contributed by atoms with E-state index >= 15 is 0 Å². The molecular formula is C13H14N2O4S2. The Morgan fingerprint density at radius 1 is 1.38 bits per heavy atom. The minimum Gasteiger partial charge on any atom is -0.465 e. The number of hydrogen-bond donors (Lipinski definition) is 1. The predicted molar refractivity (Wildman–Crippen MR) is 82.2 cm³/mol. The second-order valence-corrected chi connectivity index (χ2v) is 5.98. The van der Waals surface area contributed by atoms with Crippen molar-refractivity contribution in [2.24, 2.45) is 0 Å². The van der Waals surface area contributed by atoms with Gasteiger partial charge in [0.2, 0.25) is 5.91 Å². The van der Waals surface area contributed by atoms with Crippen molar-refractivity contribution in [1.82, 2.24) is 4.57 Å². The molecule has 0 aliphatic rings. The zero-order chi connectivity index (χ0) is 15.4. The summed E-state index contributed by atoms with van der Waals surface area (Å²) in [4.78, 5) is 35.2. The van der Waals surface area contributed by atoms with Crippen LogP contribution in [-0.2, 0) is 16.1 Å². The first-order chi connectivity index (χ1) is 10.0. The molecule has 2 aromatic heterocycles. The Morgan fingerprint density at radius 2 is 2.14 bits per heavy atom. The lowest BCUT2D eigenvalue weighted by Gasteiger charge is -2.07. The third-order valence-electron chi connectivity index (χ3n) is 2.85. The van der Waals surface area contributed by atoms with Crippen molar-refractivity contribution in [3.05, 3.63) is 37.1 Å². The van der Waals surface area contributed by atoms with Crippen LogP contribution in [-0.4, -0.2) is 23.6 Å². The number of aryl methyl sites for hydroxylation is 1. The van der Waals surface area contributed by atoms with Gasteiger partial charge in [-0.05, 0) is 18.4 Å². The second kappa shape index (κ2) is 6.68. The number of thiophene rings is 1. The maximum absolute atomic E-state index is 11.9. The van der Waals surface area contributed by atoms with Crippen LogP contribution in [0.5, 0.6) is 0 Å². The molecule has 8 heteroatoms. The molecule has 2 aromatic rings. The van der Waals surface area contributed by atoms with Gasteiger partial charge in [0.1, 0.15) is 4.88 Å². The van der Waals surface area contributed by atoms with Gasteiger partial charge < -0.3 is 14.6 Å². The van der Waals surface area contributed by atoms with Gasteiger partial charge in [-0.1, -0.05) is 11.3 Å². The van der Waals surface area contributed by atoms with Gasteiger partial charge in [-0.25, -0.2) is 4.79 Å². The number of anilines is 1. The molecule has 2 rings (SSSR count). The van der Waals surface area contributed by atoms with E-state index in [0.29, 0.717) is 17.1 Å². The van der Waals surface area contributed by atoms with Gasteiger partial charge in [-0.2, -0.15) is 0 Å². The van der Waals surface area contributed by atoms with Crippen molar-refractivity contribution in [3.63, 3.8) is 0 Å². The van der Waals surface area contributed by atoms with Crippen molar-refractivity contribution in [3.8, 4) is 0 Å². The molecule has 0 spiro atoms. The largest absolute Gasteiger partial charge is 0.465 e. The molecule has 0 radical (unpaired) electrons. The number of esters is 1. The Labute approximate surface area is 129 Å². The first-order valence-electron chi connectivity index (χ1n) is 6.13. The number of nitrogens with zero attached hydrogens (tertiary/aromatic N) is 1. The van der Waals surface area contributed by atoms with E-state index in [1.165, 1.54) is 18.4 Å². The fraction of sp³-hybridized carbons (Fsp3) is 0.308. The van der Waals surface area contributed by atoms with Gasteiger partial charge in [-0.3, -0.25) is 9.59 Å². The maximum atomic E-state index is 11.9. The number of rotatable bonds is 5. The third-order valence-corrected chi connectivity index (χ3v) is 4.62. The summed E-state index contributed by atoms with van der Waals surface area (Å²) in [5.41, 5.74) is 1.27. The zero-order valence-corrected chi connectivity index (χ0v) is 13.2. The Kier molecular flexibility index (Phi) is 4.92. The molecule has 0 saturated carbocycles. The van der Waals surface area contributed by atoms with E-state index in [1.807, 2.05) is 6.92 Å². The third kappa shape index (κ3) is 3.59. The molecule has 0 bridgehead atoms. The average molecular weight is 326 g/mol. The number of methoxy groups -OCH3 is 1. The number of ether oxygens (including phenoxy) is 1. The number of aromatic nitrogens is 1. The Bertz CT molecular complexity index is 714. The van der Waals surface area contributed by atoms with Gasteiger partial charge in [-0.15, -0.1) is 11.3 Å². The molecule has 0 aliphatic carbocycles. The molecule has 0 aromatic carbocycles. The van der Waals surface area contributed by atoms with Crippen molar-refractivity contribution in [2.45, 2.75) is 19.9 Å². The van der Waals surface area contributed by atoms with Crippen LogP contribution >= 0.6 is 22.7 Å². The minimum absolute atomic E-state index is 0.0777. The summed E-state index contributed by atoms with van der Waals surface area (Å²) >= 11 is 2.32. The highest BCUT2D eigenvalue weighted by Crippen LogP contribution is 2.23. The lowest BCUT2D eigenvalue weighted by molar-refractivity contribution is -0.116. The first-order valence-corrected chi connectivity index (χ1v) is 7.89. The summed E-state index contributed by atoms with van der Waals surface area (Å²) in [5.74, 6) is -0.735. The topological polar surface area (TPSA) is 77.4 Å². The van der Waals surface area contributed by atoms with Crippen LogP contribution in [0, 0.1) is 6.92 Å². The van der Waals surface area contributed by atoms with Crippen LogP contribution < -0.4 is 10.2 Å². The van der Waals surface area contributed by atoms with Gasteiger partial charge in [0.25, 0.3) is 0 Å². The molecular weight excluding hydrogens is 312 g/mol. The highest BCUT2D eigenvalue weighted by molar-refractivity contribution is 7.12. The van der Waals surface area contributed by atoms with Crippen molar-refractivity contribution < 1.29 is 14.3 Å². The number of nitrogens with one attached hydrogen (secondary N) is 1. The van der Waals surface area contributed by atoms with Crippen molar-refractivity contribution in [2.75, 3.05) is 12.4 Å². The minimum atomic E-state index is -0.481. The molecule has 2 heterocycles. The molecule has 0 fully saturated rings. The molecule has 0 unspecified atom stereocenters. The van der Waals surface area contributed by atoms with Crippen LogP contribution in [0.2, 0.25) is 0 Å². The molecule has 0 aliphatic heterocycles. The number of amides is 1. The average Bonchev–Trinajstić information content (AvgIpc) is 3.04. The van der Waals surface area contributed by atoms with Crippen molar-refractivity contribution >= 4 is 40.2 Å². The quantitative estimate of drug-likeness (QED) is 0.854. The number of thiazole rings is 1. The molecule has 0 atom stereocenters. The molecule has 1 N–H and O–H groups in total. The summed E-state index contributed by atoms with van der Waals surface area (Å²) < 4.78 is 6.20.